The van der Waals surface area contributed by atoms with Crippen molar-refractivity contribution in [1.82, 2.24) is 5.32 Å². The van der Waals surface area contributed by atoms with E-state index >= 15 is 0 Å². The Morgan fingerprint density at radius 2 is 1.75 bits per heavy atom. The molecule has 1 aliphatic heterocycles. The Kier molecular flexibility index (Phi) is 6.30. The van der Waals surface area contributed by atoms with Crippen LogP contribution in [0.3, 0.4) is 0 Å². The fraction of sp³-hybridized carbons (Fsp3) is 0.600. The van der Waals surface area contributed by atoms with Gasteiger partial charge in [-0.3, -0.25) is 0 Å². The maximum Gasteiger partial charge on any atom is 0.134 e. The van der Waals surface area contributed by atoms with Crippen molar-refractivity contribution in [3.8, 4) is 0 Å². The Morgan fingerprint density at radius 3 is 2.29 bits per heavy atom. The molecule has 1 aromatic heterocycles. The molecule has 6 nitrogen and oxygen atoms in total. The molecule has 8 heteroatoms. The molecule has 0 saturated carbocycles. The Morgan fingerprint density at radius 1 is 1.18 bits per heavy atom. The first kappa shape index (κ1) is 23.2. The summed E-state index contributed by atoms with van der Waals surface area (Å²) < 4.78 is 9.12. The lowest BCUT2D eigenvalue weighted by atomic mass is 9.89. The summed E-state index contributed by atoms with van der Waals surface area (Å²) in [5.74, 6) is 0.719. The van der Waals surface area contributed by atoms with Gasteiger partial charge in [0.25, 0.3) is 0 Å². The summed E-state index contributed by atoms with van der Waals surface area (Å²) in [5, 5.41) is 17.2. The summed E-state index contributed by atoms with van der Waals surface area (Å²) in [7, 11) is 0. The largest absolute Gasteiger partial charge is 0.633 e. The molecule has 0 radical (unpaired) electrons. The molecular weight excluding hydrogens is 398 g/mol. The van der Waals surface area contributed by atoms with Gasteiger partial charge in [0.2, 0.25) is 0 Å². The summed E-state index contributed by atoms with van der Waals surface area (Å²) in [6.45, 7) is 14.7. The Labute approximate surface area is 176 Å². The highest BCUT2D eigenvalue weighted by molar-refractivity contribution is 7.98. The number of nitroso groups, excluding NO2 is 1. The second-order valence-electron chi connectivity index (χ2n) is 9.46. The van der Waals surface area contributed by atoms with Gasteiger partial charge in [0.1, 0.15) is 27.7 Å². The number of hydrogen-bond acceptors (Lipinski definition) is 6. The van der Waals surface area contributed by atoms with Crippen LogP contribution in [0.5, 0.6) is 0 Å². The van der Waals surface area contributed by atoms with E-state index in [9.17, 15) is 10.1 Å². The van der Waals surface area contributed by atoms with Gasteiger partial charge in [0.05, 0.1) is 0 Å². The SMILES string of the molecule is CC(C)(C)NCC(SN=O)c1cc2cc3c(cc2o1)C(C)(C)[NH+]([O-])C3(C)C.Cl. The predicted octanol–water partition coefficient (Wildman–Crippen LogP) is 4.56. The molecule has 0 aliphatic carbocycles. The summed E-state index contributed by atoms with van der Waals surface area (Å²) in [5.41, 5.74) is 1.71. The lowest BCUT2D eigenvalue weighted by Gasteiger charge is -2.40. The van der Waals surface area contributed by atoms with Gasteiger partial charge in [0.15, 0.2) is 0 Å². The number of nitrogens with zero attached hydrogens (tertiary/aromatic N) is 1. The second-order valence-corrected chi connectivity index (χ2v) is 10.4. The maximum absolute atomic E-state index is 12.9. The van der Waals surface area contributed by atoms with Crippen molar-refractivity contribution >= 4 is 35.3 Å². The lowest BCUT2D eigenvalue weighted by molar-refractivity contribution is -0.955. The highest BCUT2D eigenvalue weighted by atomic mass is 35.5. The van der Waals surface area contributed by atoms with E-state index in [0.717, 1.165) is 39.8 Å². The Bertz CT molecular complexity index is 820. The Balaban J connectivity index is 0.00000280. The lowest BCUT2D eigenvalue weighted by Crippen LogP contribution is -3.17. The van der Waals surface area contributed by atoms with E-state index in [4.69, 9.17) is 4.42 Å². The predicted molar refractivity (Wildman–Crippen MR) is 118 cm³/mol. The molecular formula is C20H30ClN3O3S. The molecule has 2 unspecified atom stereocenters. The highest BCUT2D eigenvalue weighted by Gasteiger charge is 2.49. The molecule has 0 saturated heterocycles. The molecule has 28 heavy (non-hydrogen) atoms. The summed E-state index contributed by atoms with van der Waals surface area (Å²) >= 11 is 0.973. The average Bonchev–Trinajstić information content (AvgIpc) is 3.02. The van der Waals surface area contributed by atoms with Gasteiger partial charge in [-0.2, -0.15) is 0 Å². The number of quaternary nitrogens is 1. The van der Waals surface area contributed by atoms with Gasteiger partial charge in [0, 0.05) is 45.1 Å². The van der Waals surface area contributed by atoms with Crippen LogP contribution in [-0.4, -0.2) is 12.1 Å². The number of halogens is 1. The van der Waals surface area contributed by atoms with E-state index in [0.29, 0.717) is 6.54 Å². The molecule has 2 heterocycles. The minimum absolute atomic E-state index is 0. The quantitative estimate of drug-likeness (QED) is 0.415. The number of nitrogens with one attached hydrogen (secondary N) is 2. The normalized spacial score (nSPS) is 21.2. The van der Waals surface area contributed by atoms with E-state index in [1.165, 1.54) is 0 Å². The van der Waals surface area contributed by atoms with E-state index in [1.54, 1.807) is 0 Å². The molecule has 0 bridgehead atoms. The van der Waals surface area contributed by atoms with Crippen LogP contribution in [0.4, 0.5) is 0 Å². The summed E-state index contributed by atoms with van der Waals surface area (Å²) in [4.78, 5) is 10.9. The van der Waals surface area contributed by atoms with Crippen molar-refractivity contribution in [2.45, 2.75) is 70.3 Å². The number of rotatable bonds is 5. The molecule has 2 N–H and O–H groups in total. The van der Waals surface area contributed by atoms with Crippen LogP contribution in [0.15, 0.2) is 27.2 Å². The van der Waals surface area contributed by atoms with Gasteiger partial charge in [-0.1, -0.05) is 0 Å². The fourth-order valence-electron chi connectivity index (χ4n) is 3.97. The zero-order valence-electron chi connectivity index (χ0n) is 17.5. The van der Waals surface area contributed by atoms with Crippen molar-refractivity contribution in [2.75, 3.05) is 6.54 Å². The first-order chi connectivity index (χ1) is 12.4. The number of hydroxylamine groups is 2. The van der Waals surface area contributed by atoms with Crippen LogP contribution < -0.4 is 10.4 Å². The fourth-order valence-corrected chi connectivity index (χ4v) is 4.45. The molecule has 2 atom stereocenters. The molecule has 0 amide bonds. The molecule has 1 aromatic carbocycles. The van der Waals surface area contributed by atoms with E-state index in [1.807, 2.05) is 39.8 Å². The number of hydrogen-bond donors (Lipinski definition) is 2. The minimum atomic E-state index is -0.535. The van der Waals surface area contributed by atoms with Crippen LogP contribution >= 0.6 is 24.4 Å². The van der Waals surface area contributed by atoms with Crippen LogP contribution in [0.2, 0.25) is 0 Å². The van der Waals surface area contributed by atoms with E-state index < -0.39 is 11.1 Å². The minimum Gasteiger partial charge on any atom is -0.633 e. The zero-order chi connectivity index (χ0) is 20.2. The number of furan rings is 1. The molecule has 2 aromatic rings. The van der Waals surface area contributed by atoms with Gasteiger partial charge < -0.3 is 20.0 Å². The average molecular weight is 428 g/mol. The first-order valence-corrected chi connectivity index (χ1v) is 10.1. The van der Waals surface area contributed by atoms with Crippen molar-refractivity contribution < 1.29 is 9.48 Å². The smallest absolute Gasteiger partial charge is 0.134 e. The van der Waals surface area contributed by atoms with Gasteiger partial charge in [-0.25, -0.2) is 0 Å². The monoisotopic (exact) mass is 427 g/mol. The molecule has 156 valence electrons. The Hall–Kier alpha value is -1.12. The number of benzene rings is 1. The summed E-state index contributed by atoms with van der Waals surface area (Å²) in [6.07, 6.45) is 0. The third-order valence-corrected chi connectivity index (χ3v) is 6.20. The molecule has 3 rings (SSSR count). The van der Waals surface area contributed by atoms with Crippen LogP contribution in [0.25, 0.3) is 11.0 Å². The standard InChI is InChI=1S/C20H29N3O3S.ClH/c1-18(2,3)21-11-17(27-22-24)16-9-12-8-13-14(10-15(12)26-16)20(6,7)23(25)19(13,4)5;/h8-10,17,21,23H,11H2,1-7H3;1H. The third-order valence-electron chi connectivity index (χ3n) is 5.46. The van der Waals surface area contributed by atoms with Crippen molar-refractivity contribution in [1.29, 1.82) is 0 Å². The van der Waals surface area contributed by atoms with Gasteiger partial charge >= 0.3 is 0 Å². The van der Waals surface area contributed by atoms with Crippen molar-refractivity contribution in [2.24, 2.45) is 4.58 Å². The van der Waals surface area contributed by atoms with Crippen molar-refractivity contribution in [3.05, 3.63) is 45.2 Å². The van der Waals surface area contributed by atoms with Gasteiger partial charge in [-0.05, 0) is 66.7 Å². The van der Waals surface area contributed by atoms with Gasteiger partial charge in [-0.15, -0.1) is 17.3 Å². The highest BCUT2D eigenvalue weighted by Crippen LogP contribution is 2.41. The van der Waals surface area contributed by atoms with Crippen LogP contribution in [0.1, 0.15) is 70.6 Å². The van der Waals surface area contributed by atoms with Crippen LogP contribution in [-0.2, 0) is 11.1 Å². The topological polar surface area (TPSA) is 82.1 Å². The van der Waals surface area contributed by atoms with Crippen molar-refractivity contribution in [3.63, 3.8) is 0 Å². The van der Waals surface area contributed by atoms with Crippen LogP contribution in [0, 0.1) is 10.1 Å². The summed E-state index contributed by atoms with van der Waals surface area (Å²) in [6, 6.07) is 6.03. The first-order valence-electron chi connectivity index (χ1n) is 9.25. The third kappa shape index (κ3) is 3.96. The zero-order valence-corrected chi connectivity index (χ0v) is 19.1. The van der Waals surface area contributed by atoms with E-state index in [2.05, 4.69) is 36.7 Å². The molecule has 0 fully saturated rings. The van der Waals surface area contributed by atoms with E-state index in [-0.39, 0.29) is 28.3 Å². The molecule has 1 aliphatic rings. The maximum atomic E-state index is 12.9. The number of fused-ring (bicyclic) bond motifs is 2. The molecule has 0 spiro atoms. The second kappa shape index (κ2) is 7.61.